The first kappa shape index (κ1) is 7.05. The van der Waals surface area contributed by atoms with Crippen molar-refractivity contribution in [3.05, 3.63) is 0 Å². The number of rotatable bonds is 2. The van der Waals surface area contributed by atoms with E-state index < -0.39 is 6.09 Å². The molecule has 56 valence electrons. The van der Waals surface area contributed by atoms with Crippen LogP contribution in [0.15, 0.2) is 0 Å². The number of carboxylic acid groups (broad SMARTS) is 1. The summed E-state index contributed by atoms with van der Waals surface area (Å²) in [6.45, 7) is 0.418. The number of Topliss-reactive ketones (excluding diaryl/α,β-unsaturated/α-hetero) is 1. The molecule has 0 aliphatic heterocycles. The van der Waals surface area contributed by atoms with Gasteiger partial charge < -0.3 is 10.4 Å². The summed E-state index contributed by atoms with van der Waals surface area (Å²) in [5.74, 6) is 0.487. The van der Waals surface area contributed by atoms with Gasteiger partial charge in [-0.2, -0.15) is 0 Å². The van der Waals surface area contributed by atoms with Gasteiger partial charge in [-0.3, -0.25) is 4.79 Å². The van der Waals surface area contributed by atoms with Crippen molar-refractivity contribution in [1.82, 2.24) is 5.32 Å². The highest BCUT2D eigenvalue weighted by Gasteiger charge is 2.26. The molecule has 0 bridgehead atoms. The van der Waals surface area contributed by atoms with Gasteiger partial charge in [0.15, 0.2) is 0 Å². The summed E-state index contributed by atoms with van der Waals surface area (Å²) in [6, 6.07) is 0. The molecule has 4 heteroatoms. The molecule has 1 rings (SSSR count). The molecule has 0 aromatic heterocycles. The van der Waals surface area contributed by atoms with E-state index in [1.807, 2.05) is 0 Å². The molecule has 1 aliphatic rings. The molecule has 0 saturated heterocycles. The number of nitrogens with one attached hydrogen (secondary N) is 1. The highest BCUT2D eigenvalue weighted by Crippen LogP contribution is 2.21. The van der Waals surface area contributed by atoms with Crippen LogP contribution in [-0.2, 0) is 4.79 Å². The minimum absolute atomic E-state index is 0.234. The first-order chi connectivity index (χ1) is 4.68. The molecule has 4 nitrogen and oxygen atoms in total. The Morgan fingerprint density at radius 3 is 2.70 bits per heavy atom. The van der Waals surface area contributed by atoms with Crippen LogP contribution in [0.1, 0.15) is 12.8 Å². The van der Waals surface area contributed by atoms with E-state index in [2.05, 4.69) is 5.32 Å². The summed E-state index contributed by atoms with van der Waals surface area (Å²) in [5, 5.41) is 10.4. The second-order valence-electron chi connectivity index (χ2n) is 2.50. The number of hydrogen-bond donors (Lipinski definition) is 2. The maximum Gasteiger partial charge on any atom is 0.404 e. The van der Waals surface area contributed by atoms with Gasteiger partial charge in [0.2, 0.25) is 0 Å². The Balaban J connectivity index is 2.05. The average Bonchev–Trinajstić information content (AvgIpc) is 1.77. The van der Waals surface area contributed by atoms with Crippen LogP contribution < -0.4 is 5.32 Å². The lowest BCUT2D eigenvalue weighted by molar-refractivity contribution is -0.126. The summed E-state index contributed by atoms with van der Waals surface area (Å²) in [4.78, 5) is 20.3. The first-order valence-electron chi connectivity index (χ1n) is 3.17. The Morgan fingerprint density at radius 1 is 1.70 bits per heavy atom. The van der Waals surface area contributed by atoms with Gasteiger partial charge in [0.05, 0.1) is 0 Å². The summed E-state index contributed by atoms with van der Waals surface area (Å²) in [5.41, 5.74) is 0. The number of amides is 1. The lowest BCUT2D eigenvalue weighted by Gasteiger charge is -2.23. The van der Waals surface area contributed by atoms with Crippen LogP contribution >= 0.6 is 0 Å². The van der Waals surface area contributed by atoms with E-state index in [-0.39, 0.29) is 11.7 Å². The number of hydrogen-bond acceptors (Lipinski definition) is 2. The third-order valence-corrected chi connectivity index (χ3v) is 1.57. The van der Waals surface area contributed by atoms with Crippen molar-refractivity contribution in [3.8, 4) is 0 Å². The van der Waals surface area contributed by atoms with Gasteiger partial charge in [-0.1, -0.05) is 0 Å². The monoisotopic (exact) mass is 143 g/mol. The maximum absolute atomic E-state index is 10.4. The molecule has 2 N–H and O–H groups in total. The molecular weight excluding hydrogens is 134 g/mol. The van der Waals surface area contributed by atoms with E-state index >= 15 is 0 Å². The third-order valence-electron chi connectivity index (χ3n) is 1.57. The number of carbonyl (C=O) groups is 2. The Morgan fingerprint density at radius 2 is 2.30 bits per heavy atom. The predicted octanol–water partition coefficient (Wildman–Crippen LogP) is 0.233. The highest BCUT2D eigenvalue weighted by atomic mass is 16.4. The van der Waals surface area contributed by atoms with Gasteiger partial charge >= 0.3 is 6.09 Å². The molecule has 0 atom stereocenters. The van der Waals surface area contributed by atoms with Crippen molar-refractivity contribution in [2.24, 2.45) is 5.92 Å². The molecular formula is C6H9NO3. The van der Waals surface area contributed by atoms with Gasteiger partial charge in [0.25, 0.3) is 0 Å². The van der Waals surface area contributed by atoms with Gasteiger partial charge in [-0.25, -0.2) is 4.79 Å². The molecule has 1 aliphatic carbocycles. The van der Waals surface area contributed by atoms with E-state index in [9.17, 15) is 9.59 Å². The lowest BCUT2D eigenvalue weighted by Crippen LogP contribution is -2.35. The Labute approximate surface area is 58.2 Å². The van der Waals surface area contributed by atoms with Crippen LogP contribution in [0, 0.1) is 5.92 Å². The van der Waals surface area contributed by atoms with Crippen LogP contribution in [0.2, 0.25) is 0 Å². The summed E-state index contributed by atoms with van der Waals surface area (Å²) in [6.07, 6.45) is 0.0694. The van der Waals surface area contributed by atoms with Crippen molar-refractivity contribution >= 4 is 11.9 Å². The zero-order valence-corrected chi connectivity index (χ0v) is 5.46. The highest BCUT2D eigenvalue weighted by molar-refractivity contribution is 5.84. The second kappa shape index (κ2) is 2.68. The minimum atomic E-state index is -1.01. The topological polar surface area (TPSA) is 66.4 Å². The molecule has 1 saturated carbocycles. The van der Waals surface area contributed by atoms with Gasteiger partial charge in [0.1, 0.15) is 5.78 Å². The summed E-state index contributed by atoms with van der Waals surface area (Å²) in [7, 11) is 0. The molecule has 0 aromatic rings. The Bertz CT molecular complexity index is 158. The molecule has 10 heavy (non-hydrogen) atoms. The van der Waals surface area contributed by atoms with Gasteiger partial charge in [-0.05, 0) is 5.92 Å². The van der Waals surface area contributed by atoms with Crippen LogP contribution in [0.4, 0.5) is 4.79 Å². The first-order valence-corrected chi connectivity index (χ1v) is 3.17. The standard InChI is InChI=1S/C6H9NO3/c8-5-1-4(2-5)3-7-6(9)10/h4,7H,1-3H2,(H,9,10). The molecule has 0 heterocycles. The van der Waals surface area contributed by atoms with Crippen LogP contribution in [-0.4, -0.2) is 23.5 Å². The molecule has 1 fully saturated rings. The van der Waals surface area contributed by atoms with Gasteiger partial charge in [0, 0.05) is 19.4 Å². The normalized spacial score (nSPS) is 18.2. The molecule has 0 aromatic carbocycles. The zero-order chi connectivity index (χ0) is 7.56. The lowest BCUT2D eigenvalue weighted by atomic mass is 9.84. The smallest absolute Gasteiger partial charge is 0.404 e. The molecule has 1 amide bonds. The largest absolute Gasteiger partial charge is 0.465 e. The van der Waals surface area contributed by atoms with E-state index in [1.54, 1.807) is 0 Å². The van der Waals surface area contributed by atoms with E-state index in [4.69, 9.17) is 5.11 Å². The number of ketones is 1. The molecule has 0 spiro atoms. The quantitative estimate of drug-likeness (QED) is 0.581. The molecule has 0 radical (unpaired) electrons. The van der Waals surface area contributed by atoms with Crippen molar-refractivity contribution in [1.29, 1.82) is 0 Å². The van der Waals surface area contributed by atoms with Crippen LogP contribution in [0.5, 0.6) is 0 Å². The van der Waals surface area contributed by atoms with Crippen LogP contribution in [0.3, 0.4) is 0 Å². The Hall–Kier alpha value is -1.06. The minimum Gasteiger partial charge on any atom is -0.465 e. The maximum atomic E-state index is 10.4. The fourth-order valence-electron chi connectivity index (χ4n) is 0.960. The van der Waals surface area contributed by atoms with Gasteiger partial charge in [-0.15, -0.1) is 0 Å². The average molecular weight is 143 g/mol. The summed E-state index contributed by atoms with van der Waals surface area (Å²) >= 11 is 0. The van der Waals surface area contributed by atoms with E-state index in [1.165, 1.54) is 0 Å². The molecule has 0 unspecified atom stereocenters. The van der Waals surface area contributed by atoms with Crippen LogP contribution in [0.25, 0.3) is 0 Å². The van der Waals surface area contributed by atoms with Crippen molar-refractivity contribution in [2.75, 3.05) is 6.54 Å². The van der Waals surface area contributed by atoms with E-state index in [0.29, 0.717) is 19.4 Å². The second-order valence-corrected chi connectivity index (χ2v) is 2.50. The zero-order valence-electron chi connectivity index (χ0n) is 5.46. The predicted molar refractivity (Wildman–Crippen MR) is 33.8 cm³/mol. The Kier molecular flexibility index (Phi) is 1.89. The fraction of sp³-hybridized carbons (Fsp3) is 0.667. The number of carbonyl (C=O) groups excluding carboxylic acids is 1. The van der Waals surface area contributed by atoms with Crippen molar-refractivity contribution < 1.29 is 14.7 Å². The third kappa shape index (κ3) is 1.72. The van der Waals surface area contributed by atoms with Crippen molar-refractivity contribution in [2.45, 2.75) is 12.8 Å². The van der Waals surface area contributed by atoms with E-state index in [0.717, 1.165) is 0 Å². The van der Waals surface area contributed by atoms with Crippen molar-refractivity contribution in [3.63, 3.8) is 0 Å². The SMILES string of the molecule is O=C1CC(CNC(=O)O)C1. The fourth-order valence-corrected chi connectivity index (χ4v) is 0.960. The summed E-state index contributed by atoms with van der Waals surface area (Å²) < 4.78 is 0.